The Hall–Kier alpha value is -1.91. The molecule has 3 fully saturated rings. The summed E-state index contributed by atoms with van der Waals surface area (Å²) in [4.78, 5) is 6.73. The molecule has 1 unspecified atom stereocenters. The van der Waals surface area contributed by atoms with Crippen molar-refractivity contribution in [3.8, 4) is 5.75 Å². The monoisotopic (exact) mass is 310 g/mol. The molecule has 0 spiro atoms. The van der Waals surface area contributed by atoms with E-state index < -0.39 is 6.10 Å². The topological polar surface area (TPSA) is 56.6 Å². The van der Waals surface area contributed by atoms with Crippen molar-refractivity contribution >= 4 is 10.9 Å². The number of nitrogens with zero attached hydrogens (tertiary/aromatic N) is 2. The second-order valence-electron chi connectivity index (χ2n) is 6.79. The van der Waals surface area contributed by atoms with Crippen molar-refractivity contribution in [2.45, 2.75) is 25.0 Å². The average molecular weight is 310 g/mol. The van der Waals surface area contributed by atoms with Crippen molar-refractivity contribution in [3.63, 3.8) is 0 Å². The molecule has 4 heteroatoms. The van der Waals surface area contributed by atoms with Crippen LogP contribution in [0.1, 0.15) is 24.5 Å². The minimum atomic E-state index is -0.559. The van der Waals surface area contributed by atoms with Crippen LogP contribution in [0, 0.1) is 11.8 Å². The quantitative estimate of drug-likeness (QED) is 0.856. The molecule has 2 N–H and O–H groups in total. The summed E-state index contributed by atoms with van der Waals surface area (Å²) in [5.74, 6) is 1.38. The molecule has 4 heterocycles. The number of fused-ring (bicyclic) bond motifs is 4. The van der Waals surface area contributed by atoms with Crippen molar-refractivity contribution in [3.05, 3.63) is 48.7 Å². The molecule has 0 aliphatic carbocycles. The molecule has 120 valence electrons. The molecule has 4 nitrogen and oxygen atoms in total. The molecule has 1 aromatic carbocycles. The van der Waals surface area contributed by atoms with Crippen LogP contribution in [0.3, 0.4) is 0 Å². The first-order valence-corrected chi connectivity index (χ1v) is 8.29. The lowest BCUT2D eigenvalue weighted by atomic mass is 9.73. The molecule has 5 atom stereocenters. The molecule has 5 rings (SSSR count). The third kappa shape index (κ3) is 2.42. The summed E-state index contributed by atoms with van der Waals surface area (Å²) in [6.07, 6.45) is 5.44. The van der Waals surface area contributed by atoms with E-state index in [2.05, 4.69) is 22.5 Å². The summed E-state index contributed by atoms with van der Waals surface area (Å²) >= 11 is 0. The molecule has 3 saturated heterocycles. The Morgan fingerprint density at radius 1 is 1.35 bits per heavy atom. The van der Waals surface area contributed by atoms with Crippen LogP contribution >= 0.6 is 0 Å². The SMILES string of the molecule is C=C[C@@H]1CN2CC[C@H]1C[C@H]2[C@H](O)c1ccnc2ccc(O)cc12. The van der Waals surface area contributed by atoms with Crippen LogP contribution in [0.25, 0.3) is 10.9 Å². The zero-order chi connectivity index (χ0) is 16.0. The van der Waals surface area contributed by atoms with Crippen LogP contribution in [0.2, 0.25) is 0 Å². The third-order valence-electron chi connectivity index (χ3n) is 5.60. The molecular weight excluding hydrogens is 288 g/mol. The fraction of sp³-hybridized carbons (Fsp3) is 0.421. The summed E-state index contributed by atoms with van der Waals surface area (Å²) in [6, 6.07) is 7.14. The number of phenolic OH excluding ortho intramolecular Hbond substituents is 1. The second kappa shape index (κ2) is 5.62. The van der Waals surface area contributed by atoms with Gasteiger partial charge in [0, 0.05) is 24.2 Å². The predicted octanol–water partition coefficient (Wildman–Crippen LogP) is 2.87. The number of hydrogen-bond donors (Lipinski definition) is 2. The minimum Gasteiger partial charge on any atom is -0.508 e. The summed E-state index contributed by atoms with van der Waals surface area (Å²) in [5.41, 5.74) is 1.66. The molecule has 0 saturated carbocycles. The third-order valence-corrected chi connectivity index (χ3v) is 5.60. The van der Waals surface area contributed by atoms with E-state index in [1.165, 1.54) is 6.42 Å². The van der Waals surface area contributed by atoms with Gasteiger partial charge in [-0.3, -0.25) is 9.88 Å². The van der Waals surface area contributed by atoms with Gasteiger partial charge in [0.1, 0.15) is 5.75 Å². The van der Waals surface area contributed by atoms with Gasteiger partial charge in [-0.1, -0.05) is 6.08 Å². The van der Waals surface area contributed by atoms with Crippen molar-refractivity contribution in [1.29, 1.82) is 0 Å². The predicted molar refractivity (Wildman–Crippen MR) is 90.1 cm³/mol. The minimum absolute atomic E-state index is 0.137. The molecule has 0 amide bonds. The van der Waals surface area contributed by atoms with Gasteiger partial charge < -0.3 is 10.2 Å². The maximum Gasteiger partial charge on any atom is 0.116 e. The summed E-state index contributed by atoms with van der Waals surface area (Å²) in [6.45, 7) is 5.99. The molecule has 2 aromatic rings. The second-order valence-corrected chi connectivity index (χ2v) is 6.79. The molecule has 3 aliphatic rings. The zero-order valence-corrected chi connectivity index (χ0v) is 13.1. The van der Waals surface area contributed by atoms with Crippen LogP contribution in [-0.2, 0) is 0 Å². The Balaban J connectivity index is 1.69. The lowest BCUT2D eigenvalue weighted by Gasteiger charge is -2.50. The highest BCUT2D eigenvalue weighted by Crippen LogP contribution is 2.42. The van der Waals surface area contributed by atoms with Gasteiger partial charge in [-0.25, -0.2) is 0 Å². The van der Waals surface area contributed by atoms with Gasteiger partial charge >= 0.3 is 0 Å². The van der Waals surface area contributed by atoms with Gasteiger partial charge in [-0.2, -0.15) is 0 Å². The smallest absolute Gasteiger partial charge is 0.116 e. The Morgan fingerprint density at radius 3 is 2.96 bits per heavy atom. The summed E-state index contributed by atoms with van der Waals surface area (Å²) in [5, 5.41) is 21.7. The molecule has 1 aromatic heterocycles. The standard InChI is InChI=1S/C19H22N2O2/c1-2-12-11-21-8-6-13(12)9-18(21)19(23)15-5-7-20-17-4-3-14(22)10-16(15)17/h2-5,7,10,12-13,18-19,22-23H,1,6,8-9,11H2/t12-,13+,18+,19-/m1/s1. The van der Waals surface area contributed by atoms with Crippen molar-refractivity contribution in [2.75, 3.05) is 13.1 Å². The number of piperidine rings is 3. The van der Waals surface area contributed by atoms with E-state index in [0.29, 0.717) is 11.8 Å². The number of phenols is 1. The van der Waals surface area contributed by atoms with Crippen LogP contribution in [0.5, 0.6) is 5.75 Å². The number of benzene rings is 1. The Bertz CT molecular complexity index is 745. The Morgan fingerprint density at radius 2 is 2.22 bits per heavy atom. The molecule has 2 bridgehead atoms. The summed E-state index contributed by atoms with van der Waals surface area (Å²) in [7, 11) is 0. The van der Waals surface area contributed by atoms with Crippen LogP contribution in [-0.4, -0.2) is 39.2 Å². The number of pyridine rings is 1. The van der Waals surface area contributed by atoms with Crippen molar-refractivity contribution < 1.29 is 10.2 Å². The van der Waals surface area contributed by atoms with Gasteiger partial charge in [-0.05, 0) is 61.1 Å². The maximum absolute atomic E-state index is 11.0. The van der Waals surface area contributed by atoms with Crippen molar-refractivity contribution in [2.24, 2.45) is 11.8 Å². The normalized spacial score (nSPS) is 31.2. The largest absolute Gasteiger partial charge is 0.508 e. The van der Waals surface area contributed by atoms with E-state index in [0.717, 1.165) is 36.0 Å². The average Bonchev–Trinajstić information content (AvgIpc) is 2.60. The van der Waals surface area contributed by atoms with E-state index in [-0.39, 0.29) is 11.8 Å². The fourth-order valence-corrected chi connectivity index (χ4v) is 4.33. The first-order valence-electron chi connectivity index (χ1n) is 8.29. The summed E-state index contributed by atoms with van der Waals surface area (Å²) < 4.78 is 0. The molecular formula is C19H22N2O2. The van der Waals surface area contributed by atoms with Gasteiger partial charge in [0.25, 0.3) is 0 Å². The lowest BCUT2D eigenvalue weighted by molar-refractivity contribution is -0.0444. The number of aliphatic hydroxyl groups is 1. The number of aliphatic hydroxyl groups excluding tert-OH is 1. The van der Waals surface area contributed by atoms with Gasteiger partial charge in [0.05, 0.1) is 11.6 Å². The van der Waals surface area contributed by atoms with Crippen LogP contribution in [0.15, 0.2) is 43.1 Å². The fourth-order valence-electron chi connectivity index (χ4n) is 4.33. The van der Waals surface area contributed by atoms with E-state index >= 15 is 0 Å². The lowest BCUT2D eigenvalue weighted by Crippen LogP contribution is -2.54. The first-order chi connectivity index (χ1) is 11.2. The number of aromatic nitrogens is 1. The van der Waals surface area contributed by atoms with Gasteiger partial charge in [-0.15, -0.1) is 6.58 Å². The molecule has 23 heavy (non-hydrogen) atoms. The van der Waals surface area contributed by atoms with Crippen molar-refractivity contribution in [1.82, 2.24) is 9.88 Å². The maximum atomic E-state index is 11.0. The van der Waals surface area contributed by atoms with Crippen LogP contribution in [0.4, 0.5) is 0 Å². The highest BCUT2D eigenvalue weighted by molar-refractivity contribution is 5.83. The van der Waals surface area contributed by atoms with Gasteiger partial charge in [0.15, 0.2) is 0 Å². The Kier molecular flexibility index (Phi) is 3.58. The highest BCUT2D eigenvalue weighted by atomic mass is 16.3. The van der Waals surface area contributed by atoms with E-state index in [4.69, 9.17) is 0 Å². The number of hydrogen-bond acceptors (Lipinski definition) is 4. The number of aromatic hydroxyl groups is 1. The molecule has 0 radical (unpaired) electrons. The van der Waals surface area contributed by atoms with Crippen LogP contribution < -0.4 is 0 Å². The number of rotatable bonds is 3. The highest BCUT2D eigenvalue weighted by Gasteiger charge is 2.42. The zero-order valence-electron chi connectivity index (χ0n) is 13.1. The first kappa shape index (κ1) is 14.7. The molecule has 3 aliphatic heterocycles. The van der Waals surface area contributed by atoms with Gasteiger partial charge in [0.2, 0.25) is 0 Å². The van der Waals surface area contributed by atoms with E-state index in [1.54, 1.807) is 24.4 Å². The van der Waals surface area contributed by atoms with E-state index in [1.807, 2.05) is 6.07 Å². The Labute approximate surface area is 136 Å². The van der Waals surface area contributed by atoms with E-state index in [9.17, 15) is 10.2 Å².